The van der Waals surface area contributed by atoms with Crippen molar-refractivity contribution in [2.24, 2.45) is 0 Å². The second kappa shape index (κ2) is 8.69. The molecule has 0 fully saturated rings. The van der Waals surface area contributed by atoms with Gasteiger partial charge in [0.25, 0.3) is 0 Å². The van der Waals surface area contributed by atoms with Crippen LogP contribution in [-0.4, -0.2) is 55.5 Å². The first-order valence-corrected chi connectivity index (χ1v) is 10.4. The second-order valence-electron chi connectivity index (χ2n) is 5.62. The van der Waals surface area contributed by atoms with Gasteiger partial charge in [0.05, 0.1) is 17.7 Å². The maximum Gasteiger partial charge on any atom is 0.432 e. The molecular weight excluding hydrogens is 433 g/mol. The van der Waals surface area contributed by atoms with Crippen molar-refractivity contribution in [3.63, 3.8) is 0 Å². The molecule has 156 valence electrons. The van der Waals surface area contributed by atoms with E-state index in [1.54, 1.807) is 6.07 Å². The van der Waals surface area contributed by atoms with E-state index in [-0.39, 0.29) is 21.4 Å². The van der Waals surface area contributed by atoms with Gasteiger partial charge in [-0.3, -0.25) is 10.2 Å². The van der Waals surface area contributed by atoms with Crippen LogP contribution in [0.2, 0.25) is 0 Å². The number of hydrogen-bond donors (Lipinski definition) is 2. The lowest BCUT2D eigenvalue weighted by atomic mass is 10.2. The van der Waals surface area contributed by atoms with Crippen LogP contribution < -0.4 is 5.32 Å². The molecule has 0 saturated heterocycles. The Labute approximate surface area is 168 Å². The van der Waals surface area contributed by atoms with Crippen LogP contribution in [0.1, 0.15) is 5.01 Å². The number of hydrogen-bond acceptors (Lipinski definition) is 9. The van der Waals surface area contributed by atoms with E-state index >= 15 is 0 Å². The van der Waals surface area contributed by atoms with Gasteiger partial charge >= 0.3 is 12.1 Å². The van der Waals surface area contributed by atoms with E-state index in [4.69, 9.17) is 5.41 Å². The van der Waals surface area contributed by atoms with Gasteiger partial charge in [-0.25, -0.2) is 13.4 Å². The van der Waals surface area contributed by atoms with Crippen LogP contribution in [0, 0.1) is 5.41 Å². The number of benzene rings is 1. The highest BCUT2D eigenvalue weighted by molar-refractivity contribution is 7.90. The topological polar surface area (TPSA) is 122 Å². The lowest BCUT2D eigenvalue weighted by molar-refractivity contribution is -0.139. The molecule has 0 saturated carbocycles. The molecule has 0 spiro atoms. The van der Waals surface area contributed by atoms with Crippen LogP contribution >= 0.6 is 11.5 Å². The molecule has 0 radical (unpaired) electrons. The van der Waals surface area contributed by atoms with Crippen molar-refractivity contribution in [2.75, 3.05) is 19.9 Å². The van der Waals surface area contributed by atoms with E-state index in [1.807, 2.05) is 0 Å². The largest absolute Gasteiger partial charge is 0.468 e. The van der Waals surface area contributed by atoms with E-state index in [2.05, 4.69) is 19.4 Å². The minimum atomic E-state index is -4.89. The number of ether oxygens (including phenoxy) is 1. The summed E-state index contributed by atoms with van der Waals surface area (Å²) in [7, 11) is -2.36. The zero-order valence-electron chi connectivity index (χ0n) is 15.1. The summed E-state index contributed by atoms with van der Waals surface area (Å²) in [4.78, 5) is 15.5. The van der Waals surface area contributed by atoms with Gasteiger partial charge in [0.2, 0.25) is 0 Å². The lowest BCUT2D eigenvalue weighted by Gasteiger charge is -2.09. The first-order valence-electron chi connectivity index (χ1n) is 7.74. The Hall–Kier alpha value is -2.80. The zero-order chi connectivity index (χ0) is 21.8. The van der Waals surface area contributed by atoms with E-state index < -0.39 is 34.2 Å². The number of aromatic nitrogens is 2. The summed E-state index contributed by atoms with van der Waals surface area (Å²) in [5.74, 6) is -0.653. The van der Waals surface area contributed by atoms with Gasteiger partial charge in [0, 0.05) is 11.8 Å². The van der Waals surface area contributed by atoms with E-state index in [0.29, 0.717) is 11.6 Å². The first-order chi connectivity index (χ1) is 13.4. The number of carbonyl (C=O) groups excluding carboxylic acids is 1. The van der Waals surface area contributed by atoms with Crippen LogP contribution in [-0.2, 0) is 19.4 Å². The molecular formula is C16H15F3N4O4S2. The number of nitrogens with one attached hydrogen (secondary N) is 2. The fourth-order valence-corrected chi connectivity index (χ4v) is 3.31. The molecule has 1 aromatic carbocycles. The van der Waals surface area contributed by atoms with E-state index in [0.717, 1.165) is 24.9 Å². The average molecular weight is 448 g/mol. The third kappa shape index (κ3) is 6.09. The second-order valence-corrected chi connectivity index (χ2v) is 8.39. The summed E-state index contributed by atoms with van der Waals surface area (Å²) in [6, 6.07) is 5.76. The Balaban J connectivity index is 2.41. The molecule has 2 aromatic rings. The fourth-order valence-electron chi connectivity index (χ4n) is 1.97. The maximum absolute atomic E-state index is 12.7. The predicted octanol–water partition coefficient (Wildman–Crippen LogP) is 2.29. The standard InChI is InChI=1S/C16H15F3N4O4S2/c1-27-13(24)8-21-11(7-12(20)16(17,18)19)15-22-14(23-28-15)9-4-3-5-10(6-9)29(2,25)26/h3-7,20-21H,8H2,1-2H3/b11-7-,20-12?. The maximum atomic E-state index is 12.7. The molecule has 0 unspecified atom stereocenters. The number of nitrogens with zero attached hydrogens (tertiary/aromatic N) is 2. The van der Waals surface area contributed by atoms with E-state index in [1.165, 1.54) is 18.2 Å². The smallest absolute Gasteiger partial charge is 0.432 e. The van der Waals surface area contributed by atoms with Crippen molar-refractivity contribution in [3.8, 4) is 11.4 Å². The molecule has 2 rings (SSSR count). The van der Waals surface area contributed by atoms with Gasteiger partial charge < -0.3 is 10.1 Å². The predicted molar refractivity (Wildman–Crippen MR) is 100 cm³/mol. The van der Waals surface area contributed by atoms with Gasteiger partial charge in [-0.05, 0) is 29.7 Å². The molecule has 0 aliphatic rings. The Kier molecular flexibility index (Phi) is 6.74. The van der Waals surface area contributed by atoms with Crippen molar-refractivity contribution in [2.45, 2.75) is 11.1 Å². The SMILES string of the molecule is COC(=O)CN/C(=C\C(=N)C(F)(F)F)c1nc(-c2cccc(S(C)(=O)=O)c2)ns1. The molecule has 2 N–H and O–H groups in total. The van der Waals surface area contributed by atoms with Crippen LogP contribution in [0.15, 0.2) is 35.2 Å². The van der Waals surface area contributed by atoms with Crippen molar-refractivity contribution in [1.29, 1.82) is 5.41 Å². The number of carbonyl (C=O) groups is 1. The highest BCUT2D eigenvalue weighted by Gasteiger charge is 2.33. The Morgan fingerprint density at radius 1 is 1.38 bits per heavy atom. The molecule has 1 aromatic heterocycles. The highest BCUT2D eigenvalue weighted by Crippen LogP contribution is 2.25. The number of rotatable bonds is 7. The summed E-state index contributed by atoms with van der Waals surface area (Å²) >= 11 is 0.720. The highest BCUT2D eigenvalue weighted by atomic mass is 32.2. The number of allylic oxidation sites excluding steroid dienone is 1. The summed E-state index contributed by atoms with van der Waals surface area (Å²) in [5.41, 5.74) is -1.56. The zero-order valence-corrected chi connectivity index (χ0v) is 16.7. The van der Waals surface area contributed by atoms with Gasteiger partial charge in [-0.1, -0.05) is 12.1 Å². The van der Waals surface area contributed by atoms with Gasteiger partial charge in [0.1, 0.15) is 12.3 Å². The van der Waals surface area contributed by atoms with Crippen molar-refractivity contribution in [1.82, 2.24) is 14.7 Å². The summed E-state index contributed by atoms with van der Waals surface area (Å²) in [6.07, 6.45) is -3.37. The van der Waals surface area contributed by atoms with Crippen LogP contribution in [0.5, 0.6) is 0 Å². The molecule has 1 heterocycles. The quantitative estimate of drug-likeness (QED) is 0.492. The fraction of sp³-hybridized carbons (Fsp3) is 0.250. The van der Waals surface area contributed by atoms with Crippen molar-refractivity contribution >= 4 is 38.7 Å². The minimum Gasteiger partial charge on any atom is -0.468 e. The van der Waals surface area contributed by atoms with Crippen LogP contribution in [0.25, 0.3) is 17.1 Å². The van der Waals surface area contributed by atoms with Gasteiger partial charge in [-0.15, -0.1) is 0 Å². The number of esters is 1. The number of methoxy groups -OCH3 is 1. The summed E-state index contributed by atoms with van der Waals surface area (Å²) < 4.78 is 70.1. The first kappa shape index (κ1) is 22.5. The molecule has 0 amide bonds. The molecule has 0 aliphatic heterocycles. The van der Waals surface area contributed by atoms with Gasteiger partial charge in [0.15, 0.2) is 20.7 Å². The summed E-state index contributed by atoms with van der Waals surface area (Å²) in [5, 5.41) is 9.57. The molecule has 29 heavy (non-hydrogen) atoms. The number of halogens is 3. The third-order valence-corrected chi connectivity index (χ3v) is 5.28. The van der Waals surface area contributed by atoms with Crippen LogP contribution in [0.4, 0.5) is 13.2 Å². The normalized spacial score (nSPS) is 12.5. The molecule has 0 atom stereocenters. The Morgan fingerprint density at radius 2 is 2.07 bits per heavy atom. The molecule has 8 nitrogen and oxygen atoms in total. The third-order valence-electron chi connectivity index (χ3n) is 3.42. The average Bonchev–Trinajstić information content (AvgIpc) is 3.13. The van der Waals surface area contributed by atoms with Crippen molar-refractivity contribution in [3.05, 3.63) is 35.3 Å². The lowest BCUT2D eigenvalue weighted by Crippen LogP contribution is -2.25. The molecule has 0 aliphatic carbocycles. The van der Waals surface area contributed by atoms with Crippen LogP contribution in [0.3, 0.4) is 0 Å². The Bertz CT molecular complexity index is 1060. The Morgan fingerprint density at radius 3 is 2.66 bits per heavy atom. The minimum absolute atomic E-state index is 0.0253. The molecule has 13 heteroatoms. The summed E-state index contributed by atoms with van der Waals surface area (Å²) in [6.45, 7) is -0.452. The van der Waals surface area contributed by atoms with Gasteiger partial charge in [-0.2, -0.15) is 17.5 Å². The monoisotopic (exact) mass is 448 g/mol. The molecule has 0 bridgehead atoms. The van der Waals surface area contributed by atoms with Crippen molar-refractivity contribution < 1.29 is 31.1 Å². The van der Waals surface area contributed by atoms with E-state index in [9.17, 15) is 26.4 Å². The number of alkyl halides is 3. The number of sulfone groups is 1.